The van der Waals surface area contributed by atoms with Crippen molar-refractivity contribution in [1.82, 2.24) is 23.1 Å². The van der Waals surface area contributed by atoms with Crippen LogP contribution in [-0.4, -0.2) is 34.8 Å². The summed E-state index contributed by atoms with van der Waals surface area (Å²) in [4.78, 5) is 30.2. The van der Waals surface area contributed by atoms with Gasteiger partial charge < -0.3 is 5.11 Å². The van der Waals surface area contributed by atoms with Gasteiger partial charge >= 0.3 is 5.69 Å². The number of aliphatic hydroxyl groups excluding tert-OH is 1. The maximum atomic E-state index is 13.0. The van der Waals surface area contributed by atoms with Gasteiger partial charge in [0.15, 0.2) is 11.2 Å². The minimum Gasteiger partial charge on any atom is -0.396 e. The van der Waals surface area contributed by atoms with Gasteiger partial charge in [-0.15, -0.1) is 0 Å². The highest BCUT2D eigenvalue weighted by Crippen LogP contribution is 2.21. The fourth-order valence-electron chi connectivity index (χ4n) is 3.52. The lowest BCUT2D eigenvalue weighted by Gasteiger charge is -2.07. The Balaban J connectivity index is 2.09. The highest BCUT2D eigenvalue weighted by atomic mass is 16.3. The van der Waals surface area contributed by atoms with Crippen LogP contribution in [-0.2, 0) is 13.6 Å². The molecule has 1 aromatic carbocycles. The second kappa shape index (κ2) is 6.24. The van der Waals surface area contributed by atoms with Crippen LogP contribution in [0.1, 0.15) is 17.7 Å². The number of rotatable bonds is 4. The molecule has 8 nitrogen and oxygen atoms in total. The number of aliphatic hydroxyl groups is 1. The van der Waals surface area contributed by atoms with Crippen LogP contribution < -0.4 is 11.2 Å². The standard InChI is InChI=1S/C19H21N5O3/c1-12-6-4-7-14(10-12)24-13(2)11-23-15-16(20-18(23)24)21(3)19(27)22(17(15)26)8-5-9-25/h4,6-7,10-11,25H,5,8-9H2,1-3H3. The van der Waals surface area contributed by atoms with Crippen molar-refractivity contribution < 1.29 is 5.11 Å². The molecule has 0 bridgehead atoms. The quantitative estimate of drug-likeness (QED) is 0.586. The molecule has 3 aromatic heterocycles. The summed E-state index contributed by atoms with van der Waals surface area (Å²) in [5.41, 5.74) is 2.88. The highest BCUT2D eigenvalue weighted by molar-refractivity contribution is 5.76. The van der Waals surface area contributed by atoms with Crippen molar-refractivity contribution in [1.29, 1.82) is 0 Å². The first-order valence-electron chi connectivity index (χ1n) is 8.82. The van der Waals surface area contributed by atoms with Crippen LogP contribution in [0.15, 0.2) is 40.1 Å². The first-order valence-corrected chi connectivity index (χ1v) is 8.82. The van der Waals surface area contributed by atoms with Crippen LogP contribution in [0.25, 0.3) is 22.6 Å². The molecule has 3 heterocycles. The van der Waals surface area contributed by atoms with Crippen molar-refractivity contribution in [2.75, 3.05) is 6.61 Å². The molecule has 4 aromatic rings. The van der Waals surface area contributed by atoms with E-state index < -0.39 is 11.2 Å². The molecular weight excluding hydrogens is 346 g/mol. The van der Waals surface area contributed by atoms with E-state index in [1.54, 1.807) is 11.4 Å². The van der Waals surface area contributed by atoms with Gasteiger partial charge in [-0.3, -0.25) is 22.9 Å². The van der Waals surface area contributed by atoms with Crippen molar-refractivity contribution in [2.45, 2.75) is 26.8 Å². The molecule has 0 aliphatic rings. The molecule has 27 heavy (non-hydrogen) atoms. The van der Waals surface area contributed by atoms with E-state index in [0.717, 1.165) is 21.5 Å². The summed E-state index contributed by atoms with van der Waals surface area (Å²) >= 11 is 0. The van der Waals surface area contributed by atoms with Gasteiger partial charge in [-0.25, -0.2) is 4.79 Å². The smallest absolute Gasteiger partial charge is 0.332 e. The number of fused-ring (bicyclic) bond motifs is 3. The van der Waals surface area contributed by atoms with Gasteiger partial charge in [0.2, 0.25) is 5.78 Å². The van der Waals surface area contributed by atoms with Gasteiger partial charge in [0, 0.05) is 37.8 Å². The molecule has 8 heteroatoms. The normalized spacial score (nSPS) is 11.7. The van der Waals surface area contributed by atoms with Crippen molar-refractivity contribution in [3.05, 3.63) is 62.6 Å². The summed E-state index contributed by atoms with van der Waals surface area (Å²) in [5, 5.41) is 9.07. The summed E-state index contributed by atoms with van der Waals surface area (Å²) in [6, 6.07) is 8.02. The zero-order valence-corrected chi connectivity index (χ0v) is 15.5. The second-order valence-corrected chi connectivity index (χ2v) is 6.77. The molecule has 0 fully saturated rings. The molecule has 0 spiro atoms. The van der Waals surface area contributed by atoms with Crippen molar-refractivity contribution in [2.24, 2.45) is 7.05 Å². The number of benzene rings is 1. The fourth-order valence-corrected chi connectivity index (χ4v) is 3.52. The van der Waals surface area contributed by atoms with E-state index in [9.17, 15) is 9.59 Å². The third kappa shape index (κ3) is 2.52. The van der Waals surface area contributed by atoms with Crippen LogP contribution >= 0.6 is 0 Å². The zero-order valence-electron chi connectivity index (χ0n) is 15.5. The number of imidazole rings is 2. The maximum Gasteiger partial charge on any atom is 0.332 e. The minimum atomic E-state index is -0.430. The Hall–Kier alpha value is -3.13. The zero-order chi connectivity index (χ0) is 19.3. The topological polar surface area (TPSA) is 86.5 Å². The number of nitrogens with zero attached hydrogens (tertiary/aromatic N) is 5. The fraction of sp³-hybridized carbons (Fsp3) is 0.316. The average Bonchev–Trinajstić information content (AvgIpc) is 3.14. The van der Waals surface area contributed by atoms with Crippen LogP contribution in [0.3, 0.4) is 0 Å². The van der Waals surface area contributed by atoms with Gasteiger partial charge in [0.05, 0.1) is 0 Å². The summed E-state index contributed by atoms with van der Waals surface area (Å²) < 4.78 is 6.25. The molecule has 0 unspecified atom stereocenters. The second-order valence-electron chi connectivity index (χ2n) is 6.77. The maximum absolute atomic E-state index is 13.0. The van der Waals surface area contributed by atoms with Crippen molar-refractivity contribution in [3.63, 3.8) is 0 Å². The van der Waals surface area contributed by atoms with Gasteiger partial charge in [0.25, 0.3) is 5.56 Å². The predicted octanol–water partition coefficient (Wildman–Crippen LogP) is 1.14. The Morgan fingerprint density at radius 3 is 2.67 bits per heavy atom. The molecule has 0 aliphatic heterocycles. The Kier molecular flexibility index (Phi) is 4.00. The molecule has 4 rings (SSSR count). The Morgan fingerprint density at radius 1 is 1.19 bits per heavy atom. The van der Waals surface area contributed by atoms with E-state index >= 15 is 0 Å². The van der Waals surface area contributed by atoms with E-state index in [1.807, 2.05) is 48.9 Å². The van der Waals surface area contributed by atoms with Gasteiger partial charge in [0.1, 0.15) is 0 Å². The first kappa shape index (κ1) is 17.3. The molecule has 0 radical (unpaired) electrons. The first-order chi connectivity index (χ1) is 12.9. The molecule has 140 valence electrons. The van der Waals surface area contributed by atoms with E-state index in [0.29, 0.717) is 23.4 Å². The van der Waals surface area contributed by atoms with Crippen LogP contribution in [0, 0.1) is 13.8 Å². The summed E-state index contributed by atoms with van der Waals surface area (Å²) in [6.45, 7) is 4.06. The Labute approximate surface area is 154 Å². The molecule has 0 saturated heterocycles. The third-order valence-corrected chi connectivity index (χ3v) is 4.83. The van der Waals surface area contributed by atoms with Gasteiger partial charge in [-0.1, -0.05) is 12.1 Å². The Bertz CT molecular complexity index is 1290. The van der Waals surface area contributed by atoms with Crippen LogP contribution in [0.4, 0.5) is 0 Å². The molecule has 0 atom stereocenters. The summed E-state index contributed by atoms with van der Waals surface area (Å²) in [5.74, 6) is 0.583. The molecule has 1 N–H and O–H groups in total. The number of hydrogen-bond acceptors (Lipinski definition) is 4. The Morgan fingerprint density at radius 2 is 1.96 bits per heavy atom. The largest absolute Gasteiger partial charge is 0.396 e. The van der Waals surface area contributed by atoms with Crippen LogP contribution in [0.5, 0.6) is 0 Å². The highest BCUT2D eigenvalue weighted by Gasteiger charge is 2.20. The van der Waals surface area contributed by atoms with E-state index in [1.165, 1.54) is 4.57 Å². The lowest BCUT2D eigenvalue weighted by atomic mass is 10.2. The SMILES string of the molecule is Cc1cccc(-n2c(C)cn3c4c(=O)n(CCCO)c(=O)n(C)c4nc23)c1. The molecule has 0 amide bonds. The number of aryl methyl sites for hydroxylation is 3. The van der Waals surface area contributed by atoms with Crippen molar-refractivity contribution >= 4 is 16.9 Å². The van der Waals surface area contributed by atoms with E-state index in [2.05, 4.69) is 4.98 Å². The number of hydrogen-bond donors (Lipinski definition) is 1. The van der Waals surface area contributed by atoms with E-state index in [4.69, 9.17) is 5.11 Å². The minimum absolute atomic E-state index is 0.0850. The molecule has 0 saturated carbocycles. The van der Waals surface area contributed by atoms with Crippen LogP contribution in [0.2, 0.25) is 0 Å². The average molecular weight is 367 g/mol. The number of aromatic nitrogens is 5. The molecule has 0 aliphatic carbocycles. The lowest BCUT2D eigenvalue weighted by Crippen LogP contribution is -2.39. The van der Waals surface area contributed by atoms with Gasteiger partial charge in [-0.2, -0.15) is 4.98 Å². The summed E-state index contributed by atoms with van der Waals surface area (Å²) in [6.07, 6.45) is 2.20. The lowest BCUT2D eigenvalue weighted by molar-refractivity contribution is 0.277. The monoisotopic (exact) mass is 367 g/mol. The van der Waals surface area contributed by atoms with Crippen molar-refractivity contribution in [3.8, 4) is 5.69 Å². The van der Waals surface area contributed by atoms with Gasteiger partial charge in [-0.05, 0) is 38.0 Å². The molecular formula is C19H21N5O3. The summed E-state index contributed by atoms with van der Waals surface area (Å²) in [7, 11) is 1.61. The third-order valence-electron chi connectivity index (χ3n) is 4.83. The van der Waals surface area contributed by atoms with E-state index in [-0.39, 0.29) is 13.2 Å². The predicted molar refractivity (Wildman–Crippen MR) is 103 cm³/mol.